The van der Waals surface area contributed by atoms with Gasteiger partial charge in [-0.2, -0.15) is 5.10 Å². The Balaban J connectivity index is 1.82. The van der Waals surface area contributed by atoms with Crippen LogP contribution in [0.5, 0.6) is 0 Å². The van der Waals surface area contributed by atoms with Gasteiger partial charge in [-0.15, -0.1) is 0 Å². The van der Waals surface area contributed by atoms with Crippen molar-refractivity contribution < 1.29 is 13.2 Å². The number of sulfonamides is 1. The highest BCUT2D eigenvalue weighted by Crippen LogP contribution is 2.28. The molecule has 0 fully saturated rings. The van der Waals surface area contributed by atoms with Gasteiger partial charge in [0.05, 0.1) is 22.5 Å². The van der Waals surface area contributed by atoms with Crippen molar-refractivity contribution in [2.75, 3.05) is 29.8 Å². The van der Waals surface area contributed by atoms with Crippen LogP contribution in [0.15, 0.2) is 81.2 Å². The van der Waals surface area contributed by atoms with Crippen LogP contribution in [-0.2, 0) is 14.8 Å². The fraction of sp³-hybridized carbons (Fsp3) is 0.167. The summed E-state index contributed by atoms with van der Waals surface area (Å²) in [4.78, 5) is 14.7. The minimum Gasteiger partial charge on any atom is -0.377 e. The van der Waals surface area contributed by atoms with Crippen LogP contribution in [0.3, 0.4) is 0 Å². The molecule has 3 rings (SSSR count). The first kappa shape index (κ1) is 25.7. The van der Waals surface area contributed by atoms with E-state index in [1.54, 1.807) is 30.3 Å². The summed E-state index contributed by atoms with van der Waals surface area (Å²) in [6, 6.07) is 18.4. The summed E-state index contributed by atoms with van der Waals surface area (Å²) in [6.07, 6.45) is 1.49. The van der Waals surface area contributed by atoms with Gasteiger partial charge in [0.15, 0.2) is 0 Å². The topological polar surface area (TPSA) is 82.1 Å². The van der Waals surface area contributed by atoms with E-state index in [1.807, 2.05) is 44.1 Å². The number of halogens is 2. The summed E-state index contributed by atoms with van der Waals surface area (Å²) >= 11 is 9.74. The first-order chi connectivity index (χ1) is 16.1. The molecule has 0 aliphatic heterocycles. The molecule has 0 atom stereocenters. The van der Waals surface area contributed by atoms with Crippen molar-refractivity contribution in [2.24, 2.45) is 5.10 Å². The van der Waals surface area contributed by atoms with Crippen LogP contribution in [0.2, 0.25) is 5.02 Å². The third-order valence-corrected chi connectivity index (χ3v) is 7.75. The smallest absolute Gasteiger partial charge is 0.264 e. The lowest BCUT2D eigenvalue weighted by molar-refractivity contribution is -0.119. The van der Waals surface area contributed by atoms with Gasteiger partial charge in [-0.25, -0.2) is 13.8 Å². The molecule has 7 nitrogen and oxygen atoms in total. The lowest BCUT2D eigenvalue weighted by atomic mass is 10.2. The Morgan fingerprint density at radius 2 is 1.79 bits per heavy atom. The van der Waals surface area contributed by atoms with Crippen LogP contribution in [0.25, 0.3) is 0 Å². The van der Waals surface area contributed by atoms with Gasteiger partial charge in [0, 0.05) is 23.6 Å². The molecule has 0 spiro atoms. The number of aryl methyl sites for hydroxylation is 1. The molecule has 3 aromatic rings. The van der Waals surface area contributed by atoms with Gasteiger partial charge in [0.25, 0.3) is 15.9 Å². The first-order valence-electron chi connectivity index (χ1n) is 10.2. The molecule has 0 saturated heterocycles. The summed E-state index contributed by atoms with van der Waals surface area (Å²) in [7, 11) is -0.153. The third kappa shape index (κ3) is 6.16. The second-order valence-electron chi connectivity index (χ2n) is 7.66. The number of rotatable bonds is 8. The maximum Gasteiger partial charge on any atom is 0.264 e. The first-order valence-corrected chi connectivity index (χ1v) is 12.8. The zero-order valence-electron chi connectivity index (χ0n) is 18.9. The SMILES string of the molecule is Cc1ccc(N(CC(=O)NN=Cc2ccc(N(C)C)c(Br)c2)S(=O)(=O)c2ccccc2)cc1Cl. The van der Waals surface area contributed by atoms with Crippen LogP contribution in [0, 0.1) is 6.92 Å². The Morgan fingerprint density at radius 1 is 1.09 bits per heavy atom. The molecular weight excluding hydrogens is 540 g/mol. The summed E-state index contributed by atoms with van der Waals surface area (Å²) in [5.41, 5.74) is 5.24. The van der Waals surface area contributed by atoms with Crippen molar-refractivity contribution in [2.45, 2.75) is 11.8 Å². The van der Waals surface area contributed by atoms with E-state index in [0.717, 1.165) is 25.6 Å². The number of carbonyl (C=O) groups excluding carboxylic acids is 1. The van der Waals surface area contributed by atoms with Crippen molar-refractivity contribution in [3.8, 4) is 0 Å². The van der Waals surface area contributed by atoms with E-state index in [-0.39, 0.29) is 10.6 Å². The second kappa shape index (κ2) is 11.0. The number of carbonyl (C=O) groups is 1. The number of hydrazone groups is 1. The fourth-order valence-electron chi connectivity index (χ4n) is 3.08. The van der Waals surface area contributed by atoms with Crippen molar-refractivity contribution >= 4 is 61.1 Å². The summed E-state index contributed by atoms with van der Waals surface area (Å²) < 4.78 is 28.6. The van der Waals surface area contributed by atoms with E-state index >= 15 is 0 Å². The molecule has 34 heavy (non-hydrogen) atoms. The zero-order chi connectivity index (χ0) is 24.9. The number of amides is 1. The predicted octanol–water partition coefficient (Wildman–Crippen LogP) is 4.82. The molecule has 0 aliphatic carbocycles. The number of anilines is 2. The minimum atomic E-state index is -4.02. The highest BCUT2D eigenvalue weighted by molar-refractivity contribution is 9.10. The Morgan fingerprint density at radius 3 is 2.41 bits per heavy atom. The number of nitrogens with zero attached hydrogens (tertiary/aromatic N) is 3. The molecule has 0 bridgehead atoms. The van der Waals surface area contributed by atoms with Crippen molar-refractivity contribution in [3.63, 3.8) is 0 Å². The molecule has 10 heteroatoms. The number of nitrogens with one attached hydrogen (secondary N) is 1. The highest BCUT2D eigenvalue weighted by Gasteiger charge is 2.27. The summed E-state index contributed by atoms with van der Waals surface area (Å²) in [5, 5.41) is 4.38. The highest BCUT2D eigenvalue weighted by atomic mass is 79.9. The molecule has 1 N–H and O–H groups in total. The Bertz CT molecular complexity index is 1320. The molecule has 0 unspecified atom stereocenters. The molecule has 0 aromatic heterocycles. The minimum absolute atomic E-state index is 0.0637. The lowest BCUT2D eigenvalue weighted by Gasteiger charge is -2.24. The fourth-order valence-corrected chi connectivity index (χ4v) is 5.44. The van der Waals surface area contributed by atoms with E-state index < -0.39 is 22.5 Å². The van der Waals surface area contributed by atoms with E-state index in [2.05, 4.69) is 26.5 Å². The zero-order valence-corrected chi connectivity index (χ0v) is 22.0. The van der Waals surface area contributed by atoms with Crippen LogP contribution in [0.1, 0.15) is 11.1 Å². The molecule has 0 heterocycles. The largest absolute Gasteiger partial charge is 0.377 e. The van der Waals surface area contributed by atoms with Gasteiger partial charge in [-0.05, 0) is 70.4 Å². The van der Waals surface area contributed by atoms with Crippen LogP contribution < -0.4 is 14.6 Å². The third-order valence-electron chi connectivity index (χ3n) is 4.92. The predicted molar refractivity (Wildman–Crippen MR) is 141 cm³/mol. The monoisotopic (exact) mass is 562 g/mol. The molecule has 178 valence electrons. The Hall–Kier alpha value is -2.88. The maximum absolute atomic E-state index is 13.3. The molecule has 0 radical (unpaired) electrons. The summed E-state index contributed by atoms with van der Waals surface area (Å²) in [6.45, 7) is 1.34. The average molecular weight is 564 g/mol. The quantitative estimate of drug-likeness (QED) is 0.315. The molecule has 0 aliphatic rings. The van der Waals surface area contributed by atoms with Crippen LogP contribution in [-0.4, -0.2) is 41.2 Å². The van der Waals surface area contributed by atoms with Gasteiger partial charge >= 0.3 is 0 Å². The van der Waals surface area contributed by atoms with Crippen molar-refractivity contribution in [1.82, 2.24) is 5.43 Å². The number of benzene rings is 3. The maximum atomic E-state index is 13.3. The van der Waals surface area contributed by atoms with Gasteiger partial charge < -0.3 is 4.90 Å². The van der Waals surface area contributed by atoms with E-state index in [1.165, 1.54) is 24.4 Å². The Kier molecular flexibility index (Phi) is 8.35. The van der Waals surface area contributed by atoms with Gasteiger partial charge in [0.1, 0.15) is 6.54 Å². The van der Waals surface area contributed by atoms with E-state index in [9.17, 15) is 13.2 Å². The molecular formula is C24H24BrClN4O3S. The van der Waals surface area contributed by atoms with Crippen LogP contribution in [0.4, 0.5) is 11.4 Å². The van der Waals surface area contributed by atoms with Gasteiger partial charge in [0.2, 0.25) is 0 Å². The second-order valence-corrected chi connectivity index (χ2v) is 10.8. The standard InChI is InChI=1S/C24H24BrClN4O3S/c1-17-9-11-19(14-22(17)26)30(34(32,33)20-7-5-4-6-8-20)16-24(31)28-27-15-18-10-12-23(29(2)3)21(25)13-18/h4-15H,16H2,1-3H3,(H,28,31). The number of hydrogen-bond donors (Lipinski definition) is 1. The lowest BCUT2D eigenvalue weighted by Crippen LogP contribution is -2.39. The van der Waals surface area contributed by atoms with Crippen molar-refractivity contribution in [3.05, 3.63) is 87.4 Å². The molecule has 1 amide bonds. The van der Waals surface area contributed by atoms with Gasteiger partial charge in [-0.1, -0.05) is 41.9 Å². The average Bonchev–Trinajstić information content (AvgIpc) is 2.79. The van der Waals surface area contributed by atoms with E-state index in [4.69, 9.17) is 11.6 Å². The summed E-state index contributed by atoms with van der Waals surface area (Å²) in [5.74, 6) is -0.601. The van der Waals surface area contributed by atoms with E-state index in [0.29, 0.717) is 5.02 Å². The van der Waals surface area contributed by atoms with Crippen molar-refractivity contribution in [1.29, 1.82) is 0 Å². The molecule has 3 aromatic carbocycles. The Labute approximate surface area is 213 Å². The molecule has 0 saturated carbocycles. The van der Waals surface area contributed by atoms with Crippen LogP contribution >= 0.6 is 27.5 Å². The van der Waals surface area contributed by atoms with Gasteiger partial charge in [-0.3, -0.25) is 9.10 Å². The normalized spacial score (nSPS) is 11.4. The number of hydrogen-bond acceptors (Lipinski definition) is 5.